The van der Waals surface area contributed by atoms with Gasteiger partial charge >= 0.3 is 6.03 Å². The quantitative estimate of drug-likeness (QED) is 0.534. The predicted octanol–water partition coefficient (Wildman–Crippen LogP) is -0.348. The molecule has 1 atom stereocenters. The molecule has 76 valence electrons. The lowest BCUT2D eigenvalue weighted by Crippen LogP contribution is -2.35. The molecule has 0 aromatic rings. The number of hydrogen-bond donors (Lipinski definition) is 3. The molecule has 0 radical (unpaired) electrons. The van der Waals surface area contributed by atoms with Crippen LogP contribution in [0.15, 0.2) is 0 Å². The van der Waals surface area contributed by atoms with Crippen molar-refractivity contribution in [3.63, 3.8) is 0 Å². The Morgan fingerprint density at radius 2 is 2.15 bits per heavy atom. The van der Waals surface area contributed by atoms with Gasteiger partial charge in [0.05, 0.1) is 0 Å². The van der Waals surface area contributed by atoms with E-state index in [0.29, 0.717) is 12.2 Å². The highest BCUT2D eigenvalue weighted by Gasteiger charge is 2.03. The molecule has 0 saturated heterocycles. The average molecular weight is 205 g/mol. The van der Waals surface area contributed by atoms with Crippen LogP contribution in [0, 0.1) is 0 Å². The second kappa shape index (κ2) is 6.73. The van der Waals surface area contributed by atoms with Gasteiger partial charge in [0.1, 0.15) is 0 Å². The van der Waals surface area contributed by atoms with Crippen LogP contribution in [0.1, 0.15) is 13.3 Å². The number of carbonyl (C=O) groups excluding carboxylic acids is 2. The van der Waals surface area contributed by atoms with Crippen LogP contribution in [-0.2, 0) is 4.79 Å². The Labute approximate surface area is 81.6 Å². The van der Waals surface area contributed by atoms with Crippen molar-refractivity contribution in [2.24, 2.45) is 11.5 Å². The first-order valence-corrected chi connectivity index (χ1v) is 5.10. The van der Waals surface area contributed by atoms with Crippen LogP contribution in [-0.4, -0.2) is 29.5 Å². The molecule has 6 heteroatoms. The topological polar surface area (TPSA) is 98.2 Å². The molecule has 5 N–H and O–H groups in total. The molecule has 0 fully saturated rings. The Morgan fingerprint density at radius 3 is 2.62 bits per heavy atom. The van der Waals surface area contributed by atoms with Crippen molar-refractivity contribution in [2.45, 2.75) is 19.4 Å². The van der Waals surface area contributed by atoms with Crippen molar-refractivity contribution >= 4 is 23.7 Å². The van der Waals surface area contributed by atoms with Crippen LogP contribution in [0.3, 0.4) is 0 Å². The Bertz CT molecular complexity index is 185. The van der Waals surface area contributed by atoms with Crippen molar-refractivity contribution in [1.29, 1.82) is 0 Å². The molecule has 0 aliphatic heterocycles. The fourth-order valence-corrected chi connectivity index (χ4v) is 1.50. The van der Waals surface area contributed by atoms with E-state index in [1.807, 2.05) is 12.2 Å². The van der Waals surface area contributed by atoms with E-state index in [0.717, 1.165) is 5.75 Å². The van der Waals surface area contributed by atoms with Crippen LogP contribution < -0.4 is 16.8 Å². The summed E-state index contributed by atoms with van der Waals surface area (Å²) in [5, 5.41) is 1.99. The summed E-state index contributed by atoms with van der Waals surface area (Å²) < 4.78 is 0. The first-order valence-electron chi connectivity index (χ1n) is 3.95. The molecule has 13 heavy (non-hydrogen) atoms. The number of amides is 3. The highest BCUT2D eigenvalue weighted by molar-refractivity contribution is 7.99. The molecule has 0 aromatic heterocycles. The van der Waals surface area contributed by atoms with Crippen molar-refractivity contribution < 1.29 is 9.59 Å². The van der Waals surface area contributed by atoms with E-state index in [-0.39, 0.29) is 11.9 Å². The summed E-state index contributed by atoms with van der Waals surface area (Å²) in [7, 11) is 0. The van der Waals surface area contributed by atoms with Gasteiger partial charge in [-0.25, -0.2) is 4.79 Å². The van der Waals surface area contributed by atoms with Gasteiger partial charge in [-0.1, -0.05) is 0 Å². The van der Waals surface area contributed by atoms with Gasteiger partial charge in [0.25, 0.3) is 0 Å². The zero-order valence-corrected chi connectivity index (χ0v) is 8.39. The maximum absolute atomic E-state index is 10.8. The fraction of sp³-hybridized carbons (Fsp3) is 0.714. The zero-order chi connectivity index (χ0) is 10.3. The van der Waals surface area contributed by atoms with E-state index in [2.05, 4.69) is 0 Å². The van der Waals surface area contributed by atoms with Crippen molar-refractivity contribution in [2.75, 3.05) is 11.5 Å². The van der Waals surface area contributed by atoms with E-state index in [9.17, 15) is 9.59 Å². The number of urea groups is 1. The number of thioether (sulfide) groups is 1. The Balaban J connectivity index is 3.32. The van der Waals surface area contributed by atoms with E-state index < -0.39 is 6.03 Å². The lowest BCUT2D eigenvalue weighted by Gasteiger charge is -2.03. The second-order valence-electron chi connectivity index (χ2n) is 2.71. The predicted molar refractivity (Wildman–Crippen MR) is 53.3 cm³/mol. The van der Waals surface area contributed by atoms with Crippen LogP contribution in [0.5, 0.6) is 0 Å². The molecule has 0 bridgehead atoms. The van der Waals surface area contributed by atoms with Gasteiger partial charge in [0.15, 0.2) is 0 Å². The van der Waals surface area contributed by atoms with Crippen LogP contribution >= 0.6 is 11.8 Å². The minimum Gasteiger partial charge on any atom is -0.351 e. The number of hydrogen-bond acceptors (Lipinski definition) is 4. The van der Waals surface area contributed by atoms with Gasteiger partial charge in [-0.05, 0) is 6.92 Å². The van der Waals surface area contributed by atoms with E-state index in [1.54, 1.807) is 11.8 Å². The molecular weight excluding hydrogens is 190 g/mol. The minimum atomic E-state index is -0.804. The summed E-state index contributed by atoms with van der Waals surface area (Å²) in [6, 6.07) is -0.675. The molecule has 0 aliphatic carbocycles. The molecule has 0 aromatic carbocycles. The largest absolute Gasteiger partial charge is 0.351 e. The molecule has 5 nitrogen and oxygen atoms in total. The number of rotatable bonds is 5. The molecule has 1 unspecified atom stereocenters. The Kier molecular flexibility index (Phi) is 6.34. The lowest BCUT2D eigenvalue weighted by atomic mass is 10.4. The summed E-state index contributed by atoms with van der Waals surface area (Å²) in [5.74, 6) is 1.12. The number of nitrogens with two attached hydrogens (primary N) is 2. The van der Waals surface area contributed by atoms with E-state index in [4.69, 9.17) is 11.5 Å². The number of primary amides is 1. The van der Waals surface area contributed by atoms with Crippen molar-refractivity contribution in [3.05, 3.63) is 0 Å². The maximum Gasteiger partial charge on any atom is 0.318 e. The second-order valence-corrected chi connectivity index (χ2v) is 3.86. The lowest BCUT2D eigenvalue weighted by molar-refractivity contribution is -0.119. The zero-order valence-electron chi connectivity index (χ0n) is 7.58. The van der Waals surface area contributed by atoms with Gasteiger partial charge in [-0.15, -0.1) is 0 Å². The molecular formula is C7H15N3O2S. The molecule has 0 aliphatic rings. The van der Waals surface area contributed by atoms with Gasteiger partial charge < -0.3 is 11.5 Å². The van der Waals surface area contributed by atoms with E-state index in [1.165, 1.54) is 0 Å². The van der Waals surface area contributed by atoms with Crippen molar-refractivity contribution in [1.82, 2.24) is 5.32 Å². The van der Waals surface area contributed by atoms with Crippen LogP contribution in [0.2, 0.25) is 0 Å². The van der Waals surface area contributed by atoms with Crippen molar-refractivity contribution in [3.8, 4) is 0 Å². The number of carbonyl (C=O) groups is 2. The molecule has 0 spiro atoms. The summed E-state index contributed by atoms with van der Waals surface area (Å²) in [5.41, 5.74) is 10.2. The highest BCUT2D eigenvalue weighted by Crippen LogP contribution is 2.03. The first kappa shape index (κ1) is 12.2. The van der Waals surface area contributed by atoms with Gasteiger partial charge in [-0.2, -0.15) is 11.8 Å². The minimum absolute atomic E-state index is 0.129. The summed E-state index contributed by atoms with van der Waals surface area (Å²) in [6.07, 6.45) is 0.292. The van der Waals surface area contributed by atoms with Gasteiger partial charge in [0, 0.05) is 24.0 Å². The molecule has 0 heterocycles. The summed E-state index contributed by atoms with van der Waals surface area (Å²) >= 11 is 1.58. The fourth-order valence-electron chi connectivity index (χ4n) is 0.634. The SMILES string of the molecule is CC(N)CSCCC(=O)NC(N)=O. The third-order valence-electron chi connectivity index (χ3n) is 1.12. The molecule has 0 saturated carbocycles. The monoisotopic (exact) mass is 205 g/mol. The van der Waals surface area contributed by atoms with Crippen LogP contribution in [0.4, 0.5) is 4.79 Å². The normalized spacial score (nSPS) is 12.2. The van der Waals surface area contributed by atoms with Gasteiger partial charge in [-0.3, -0.25) is 10.1 Å². The number of imide groups is 1. The average Bonchev–Trinajstić information content (AvgIpc) is 1.96. The third kappa shape index (κ3) is 9.16. The Morgan fingerprint density at radius 1 is 1.54 bits per heavy atom. The molecule has 0 rings (SSSR count). The van der Waals surface area contributed by atoms with E-state index >= 15 is 0 Å². The highest BCUT2D eigenvalue weighted by atomic mass is 32.2. The molecule has 3 amide bonds. The Hall–Kier alpha value is -0.750. The maximum atomic E-state index is 10.8. The third-order valence-corrected chi connectivity index (χ3v) is 2.37. The number of nitrogens with one attached hydrogen (secondary N) is 1. The van der Waals surface area contributed by atoms with Gasteiger partial charge in [0.2, 0.25) is 5.91 Å². The first-order chi connectivity index (χ1) is 6.02. The summed E-state index contributed by atoms with van der Waals surface area (Å²) in [4.78, 5) is 21.1. The summed E-state index contributed by atoms with van der Waals surface area (Å²) in [6.45, 7) is 1.90. The van der Waals surface area contributed by atoms with Crippen LogP contribution in [0.25, 0.3) is 0 Å². The standard InChI is InChI=1S/C7H15N3O2S/c1-5(8)4-13-3-2-6(11)10-7(9)12/h5H,2-4,8H2,1H3,(H3,9,10,11,12). The smallest absolute Gasteiger partial charge is 0.318 e.